The number of aryl methyl sites for hydroxylation is 1. The lowest BCUT2D eigenvalue weighted by Crippen LogP contribution is -2.66. The van der Waals surface area contributed by atoms with Gasteiger partial charge in [-0.2, -0.15) is 0 Å². The van der Waals surface area contributed by atoms with Crippen molar-refractivity contribution in [3.8, 4) is 0 Å². The van der Waals surface area contributed by atoms with Gasteiger partial charge in [-0.1, -0.05) is 12.5 Å². The number of halogens is 1. The number of carbonyl (C=O) groups excluding carboxylic acids is 3. The lowest BCUT2D eigenvalue weighted by molar-refractivity contribution is -0.148. The highest BCUT2D eigenvalue weighted by molar-refractivity contribution is 6.30. The smallest absolute Gasteiger partial charge is 0.276 e. The van der Waals surface area contributed by atoms with Crippen LogP contribution in [0.5, 0.6) is 0 Å². The van der Waals surface area contributed by atoms with Crippen LogP contribution < -0.4 is 10.2 Å². The van der Waals surface area contributed by atoms with Gasteiger partial charge in [0.05, 0.1) is 5.69 Å². The normalized spacial score (nSPS) is 20.9. The molecule has 2 fully saturated rings. The number of hydrogen-bond acceptors (Lipinski definition) is 3. The zero-order valence-corrected chi connectivity index (χ0v) is 10.9. The van der Waals surface area contributed by atoms with E-state index in [0.717, 1.165) is 17.4 Å². The van der Waals surface area contributed by atoms with Crippen LogP contribution in [-0.4, -0.2) is 17.8 Å². The molecular formula is C14H13FN2O3. The molecule has 0 aromatic heterocycles. The van der Waals surface area contributed by atoms with Gasteiger partial charge < -0.3 is 0 Å². The number of rotatable bonds is 1. The number of carbonyl (C=O) groups is 3. The molecule has 1 saturated heterocycles. The molecule has 3 rings (SSSR count). The van der Waals surface area contributed by atoms with Gasteiger partial charge in [0, 0.05) is 0 Å². The van der Waals surface area contributed by atoms with Crippen LogP contribution in [-0.2, 0) is 9.59 Å². The Hall–Kier alpha value is -2.24. The lowest BCUT2D eigenvalue weighted by atomic mass is 9.66. The minimum absolute atomic E-state index is 0.148. The van der Waals surface area contributed by atoms with Crippen LogP contribution in [0.25, 0.3) is 0 Å². The second-order valence-electron chi connectivity index (χ2n) is 5.27. The average molecular weight is 276 g/mol. The van der Waals surface area contributed by atoms with Gasteiger partial charge in [0.2, 0.25) is 5.91 Å². The summed E-state index contributed by atoms with van der Waals surface area (Å²) in [5.41, 5.74) is -0.572. The molecule has 0 radical (unpaired) electrons. The number of amides is 4. The molecule has 0 atom stereocenters. The molecular weight excluding hydrogens is 263 g/mol. The first kappa shape index (κ1) is 12.8. The summed E-state index contributed by atoms with van der Waals surface area (Å²) in [5.74, 6) is -1.59. The van der Waals surface area contributed by atoms with Crippen molar-refractivity contribution in [1.29, 1.82) is 0 Å². The van der Waals surface area contributed by atoms with E-state index >= 15 is 0 Å². The van der Waals surface area contributed by atoms with Crippen molar-refractivity contribution < 1.29 is 18.8 Å². The summed E-state index contributed by atoms with van der Waals surface area (Å²) in [5, 5.41) is 2.19. The third-order valence-electron chi connectivity index (χ3n) is 4.09. The SMILES string of the molecule is Cc1ccc(N2C(=O)NC(=O)C3(CCC3)C2=O)cc1F. The average Bonchev–Trinajstić information content (AvgIpc) is 2.31. The molecule has 0 unspecified atom stereocenters. The first-order valence-electron chi connectivity index (χ1n) is 6.42. The molecule has 1 spiro atoms. The maximum absolute atomic E-state index is 13.6. The molecule has 1 N–H and O–H groups in total. The zero-order chi connectivity index (χ0) is 14.5. The van der Waals surface area contributed by atoms with Crippen LogP contribution in [0.2, 0.25) is 0 Å². The fourth-order valence-electron chi connectivity index (χ4n) is 2.60. The first-order valence-corrected chi connectivity index (χ1v) is 6.42. The van der Waals surface area contributed by atoms with Crippen molar-refractivity contribution in [2.75, 3.05) is 4.90 Å². The Balaban J connectivity index is 2.03. The van der Waals surface area contributed by atoms with E-state index < -0.39 is 29.1 Å². The van der Waals surface area contributed by atoms with E-state index in [9.17, 15) is 18.8 Å². The standard InChI is InChI=1S/C14H13FN2O3/c1-8-3-4-9(7-10(8)15)17-12(19)14(5-2-6-14)11(18)16-13(17)20/h3-4,7H,2,5-6H2,1H3,(H,16,18,20). The highest BCUT2D eigenvalue weighted by Gasteiger charge is 2.57. The number of barbiturate groups is 1. The molecule has 5 nitrogen and oxygen atoms in total. The molecule has 1 heterocycles. The molecule has 20 heavy (non-hydrogen) atoms. The predicted molar refractivity (Wildman–Crippen MR) is 68.4 cm³/mol. The zero-order valence-electron chi connectivity index (χ0n) is 10.9. The Labute approximate surface area is 114 Å². The van der Waals surface area contributed by atoms with E-state index in [4.69, 9.17) is 0 Å². The molecule has 1 aliphatic heterocycles. The maximum atomic E-state index is 13.6. The Morgan fingerprint density at radius 2 is 1.95 bits per heavy atom. The molecule has 0 bridgehead atoms. The number of anilines is 1. The lowest BCUT2D eigenvalue weighted by Gasteiger charge is -2.44. The van der Waals surface area contributed by atoms with Gasteiger partial charge in [-0.25, -0.2) is 14.1 Å². The van der Waals surface area contributed by atoms with Gasteiger partial charge in [-0.15, -0.1) is 0 Å². The highest BCUT2D eigenvalue weighted by atomic mass is 19.1. The fourth-order valence-corrected chi connectivity index (χ4v) is 2.60. The number of imide groups is 2. The van der Waals surface area contributed by atoms with E-state index in [1.54, 1.807) is 6.92 Å². The van der Waals surface area contributed by atoms with E-state index in [0.29, 0.717) is 18.4 Å². The summed E-state index contributed by atoms with van der Waals surface area (Å²) in [6, 6.07) is 3.31. The van der Waals surface area contributed by atoms with Crippen molar-refractivity contribution in [1.82, 2.24) is 5.32 Å². The van der Waals surface area contributed by atoms with E-state index in [-0.39, 0.29) is 5.69 Å². The Kier molecular flexibility index (Phi) is 2.64. The Morgan fingerprint density at radius 1 is 1.25 bits per heavy atom. The second-order valence-corrected chi connectivity index (χ2v) is 5.27. The molecule has 1 aliphatic carbocycles. The van der Waals surface area contributed by atoms with E-state index in [2.05, 4.69) is 5.32 Å². The number of nitrogens with zero attached hydrogens (tertiary/aromatic N) is 1. The number of hydrogen-bond donors (Lipinski definition) is 1. The molecule has 1 aromatic rings. The van der Waals surface area contributed by atoms with Crippen LogP contribution in [0.1, 0.15) is 24.8 Å². The third kappa shape index (κ3) is 1.57. The van der Waals surface area contributed by atoms with Crippen molar-refractivity contribution in [3.05, 3.63) is 29.6 Å². The summed E-state index contributed by atoms with van der Waals surface area (Å²) in [6.07, 6.45) is 1.62. The minimum atomic E-state index is -1.14. The monoisotopic (exact) mass is 276 g/mol. The fraction of sp³-hybridized carbons (Fsp3) is 0.357. The van der Waals surface area contributed by atoms with E-state index in [1.807, 2.05) is 0 Å². The van der Waals surface area contributed by atoms with Crippen molar-refractivity contribution in [2.45, 2.75) is 26.2 Å². The summed E-state index contributed by atoms with van der Waals surface area (Å²) in [6.45, 7) is 1.59. The van der Waals surface area contributed by atoms with Gasteiger partial charge >= 0.3 is 6.03 Å². The van der Waals surface area contributed by atoms with Crippen LogP contribution in [0, 0.1) is 18.2 Å². The number of nitrogens with one attached hydrogen (secondary N) is 1. The first-order chi connectivity index (χ1) is 9.45. The quantitative estimate of drug-likeness (QED) is 0.796. The summed E-state index contributed by atoms with van der Waals surface area (Å²) in [7, 11) is 0. The second kappa shape index (κ2) is 4.13. The van der Waals surface area contributed by atoms with E-state index in [1.165, 1.54) is 12.1 Å². The van der Waals surface area contributed by atoms with Gasteiger partial charge in [0.25, 0.3) is 5.91 Å². The van der Waals surface area contributed by atoms with Crippen molar-refractivity contribution in [2.24, 2.45) is 5.41 Å². The largest absolute Gasteiger partial charge is 0.335 e. The maximum Gasteiger partial charge on any atom is 0.335 e. The molecule has 1 aromatic carbocycles. The molecule has 6 heteroatoms. The predicted octanol–water partition coefficient (Wildman–Crippen LogP) is 1.89. The number of benzene rings is 1. The summed E-state index contributed by atoms with van der Waals surface area (Å²) in [4.78, 5) is 37.1. The summed E-state index contributed by atoms with van der Waals surface area (Å²) >= 11 is 0. The number of urea groups is 1. The van der Waals surface area contributed by atoms with Gasteiger partial charge in [-0.3, -0.25) is 14.9 Å². The van der Waals surface area contributed by atoms with Crippen molar-refractivity contribution in [3.63, 3.8) is 0 Å². The molecule has 1 saturated carbocycles. The molecule has 4 amide bonds. The minimum Gasteiger partial charge on any atom is -0.276 e. The van der Waals surface area contributed by atoms with Crippen LogP contribution in [0.3, 0.4) is 0 Å². The third-order valence-corrected chi connectivity index (χ3v) is 4.09. The van der Waals surface area contributed by atoms with Crippen LogP contribution in [0.4, 0.5) is 14.9 Å². The highest BCUT2D eigenvalue weighted by Crippen LogP contribution is 2.45. The Bertz CT molecular complexity index is 637. The molecule has 104 valence electrons. The van der Waals surface area contributed by atoms with Gasteiger partial charge in [0.1, 0.15) is 11.2 Å². The van der Waals surface area contributed by atoms with Gasteiger partial charge in [0.15, 0.2) is 0 Å². The van der Waals surface area contributed by atoms with Crippen LogP contribution in [0.15, 0.2) is 18.2 Å². The van der Waals surface area contributed by atoms with Crippen molar-refractivity contribution >= 4 is 23.5 Å². The Morgan fingerprint density at radius 3 is 2.50 bits per heavy atom. The van der Waals surface area contributed by atoms with Gasteiger partial charge in [-0.05, 0) is 37.5 Å². The topological polar surface area (TPSA) is 66.5 Å². The summed E-state index contributed by atoms with van der Waals surface area (Å²) < 4.78 is 13.6. The van der Waals surface area contributed by atoms with Crippen LogP contribution >= 0.6 is 0 Å². The molecule has 2 aliphatic rings.